The molecule has 1 amide bonds. The van der Waals surface area contributed by atoms with E-state index < -0.39 is 28.3 Å². The number of carboxylic acid groups (broad SMARTS) is 1. The molecule has 4 aromatic rings. The minimum atomic E-state index is -0.904. The van der Waals surface area contributed by atoms with Crippen molar-refractivity contribution in [1.29, 1.82) is 0 Å². The van der Waals surface area contributed by atoms with Crippen LogP contribution in [-0.4, -0.2) is 62.1 Å². The molecule has 2 N–H and O–H groups in total. The maximum atomic E-state index is 14.0. The number of amides is 1. The van der Waals surface area contributed by atoms with Crippen molar-refractivity contribution in [2.75, 3.05) is 13.1 Å². The Labute approximate surface area is 256 Å². The summed E-state index contributed by atoms with van der Waals surface area (Å²) < 4.78 is -0.509. The molecule has 3 atom stereocenters. The predicted molar refractivity (Wildman–Crippen MR) is 169 cm³/mol. The van der Waals surface area contributed by atoms with Gasteiger partial charge in [-0.15, -0.1) is 11.8 Å². The first-order valence-corrected chi connectivity index (χ1v) is 15.8. The van der Waals surface area contributed by atoms with Crippen LogP contribution in [0.25, 0.3) is 0 Å². The van der Waals surface area contributed by atoms with Gasteiger partial charge in [-0.3, -0.25) is 15.0 Å². The van der Waals surface area contributed by atoms with E-state index in [4.69, 9.17) is 0 Å². The number of nitrogens with one attached hydrogen (secondary N) is 1. The molecular weight excluding hydrogens is 554 g/mol. The highest BCUT2D eigenvalue weighted by Gasteiger charge is 2.67. The summed E-state index contributed by atoms with van der Waals surface area (Å²) in [5, 5.41) is 14.1. The van der Waals surface area contributed by atoms with Crippen molar-refractivity contribution in [1.82, 2.24) is 15.1 Å². The van der Waals surface area contributed by atoms with Gasteiger partial charge in [0.25, 0.3) is 0 Å². The second kappa shape index (κ2) is 11.3. The highest BCUT2D eigenvalue weighted by atomic mass is 32.2. The van der Waals surface area contributed by atoms with Crippen LogP contribution in [0.1, 0.15) is 35.1 Å². The Kier molecular flexibility index (Phi) is 7.33. The third kappa shape index (κ3) is 4.76. The molecule has 218 valence electrons. The Bertz CT molecular complexity index is 1480. The molecule has 1 spiro atoms. The highest BCUT2D eigenvalue weighted by Crippen LogP contribution is 2.56. The summed E-state index contributed by atoms with van der Waals surface area (Å²) in [4.78, 5) is 30.9. The minimum Gasteiger partial charge on any atom is -0.480 e. The minimum absolute atomic E-state index is 0.138. The topological polar surface area (TPSA) is 72.9 Å². The first-order chi connectivity index (χ1) is 21.0. The predicted octanol–water partition coefficient (Wildman–Crippen LogP) is 5.34. The van der Waals surface area contributed by atoms with Crippen molar-refractivity contribution in [3.05, 3.63) is 144 Å². The van der Waals surface area contributed by atoms with Gasteiger partial charge in [-0.1, -0.05) is 121 Å². The molecule has 3 unspecified atom stereocenters. The van der Waals surface area contributed by atoms with Gasteiger partial charge in [0, 0.05) is 6.54 Å². The average Bonchev–Trinajstić information content (AvgIpc) is 3.35. The largest absolute Gasteiger partial charge is 0.480 e. The van der Waals surface area contributed by atoms with E-state index in [0.29, 0.717) is 0 Å². The number of β-lactam (4-membered cyclic amide) rings is 1. The fourth-order valence-corrected chi connectivity index (χ4v) is 9.19. The number of likely N-dealkylation sites (tertiary alicyclic amines) is 1. The molecule has 3 aliphatic heterocycles. The van der Waals surface area contributed by atoms with E-state index in [1.165, 1.54) is 5.56 Å². The number of carboxylic acids is 1. The first kappa shape index (κ1) is 27.9. The van der Waals surface area contributed by atoms with E-state index in [1.807, 2.05) is 60.7 Å². The monoisotopic (exact) mass is 589 g/mol. The maximum absolute atomic E-state index is 14.0. The molecule has 3 aliphatic rings. The number of fused-ring (bicyclic) bond motifs is 1. The molecule has 0 aromatic heterocycles. The molecule has 0 radical (unpaired) electrons. The standard InChI is InChI=1S/C36H35N3O3S/c40-32-30(37-36(27-15-7-2-8-16-27,28-17-9-3-10-18-28)29-19-11-4-12-20-29)33-39(32)31(34(41)42)35(43-33)21-23-38(24-22-35)25-26-13-5-1-6-14-26/h1-20,30-31,33,37H,21-25H2,(H,41,42). The van der Waals surface area contributed by atoms with Gasteiger partial charge in [0.05, 0.1) is 10.3 Å². The molecule has 3 heterocycles. The third-order valence-electron chi connectivity index (χ3n) is 9.39. The maximum Gasteiger partial charge on any atom is 0.327 e. The lowest BCUT2D eigenvalue weighted by molar-refractivity contribution is -0.161. The molecule has 43 heavy (non-hydrogen) atoms. The van der Waals surface area contributed by atoms with Crippen LogP contribution in [0, 0.1) is 0 Å². The summed E-state index contributed by atoms with van der Waals surface area (Å²) in [5.74, 6) is -1.04. The highest BCUT2D eigenvalue weighted by molar-refractivity contribution is 8.01. The average molecular weight is 590 g/mol. The summed E-state index contributed by atoms with van der Waals surface area (Å²) in [5.41, 5.74) is 3.54. The Morgan fingerprint density at radius 2 is 1.26 bits per heavy atom. The zero-order valence-electron chi connectivity index (χ0n) is 23.9. The van der Waals surface area contributed by atoms with Gasteiger partial charge in [0.2, 0.25) is 5.91 Å². The number of nitrogens with zero attached hydrogens (tertiary/aromatic N) is 2. The Morgan fingerprint density at radius 3 is 1.72 bits per heavy atom. The number of carbonyl (C=O) groups excluding carboxylic acids is 1. The molecule has 0 bridgehead atoms. The van der Waals surface area contributed by atoms with Gasteiger partial charge >= 0.3 is 5.97 Å². The molecule has 0 saturated carbocycles. The van der Waals surface area contributed by atoms with Crippen LogP contribution in [0.5, 0.6) is 0 Å². The summed E-state index contributed by atoms with van der Waals surface area (Å²) in [7, 11) is 0. The SMILES string of the molecule is O=C(O)C1N2C(=O)C(NC(c3ccccc3)(c3ccccc3)c3ccccc3)C2SC12CCN(Cc1ccccc1)CC2. The summed E-state index contributed by atoms with van der Waals surface area (Å²) in [6, 6.07) is 39.8. The van der Waals surface area contributed by atoms with Crippen molar-refractivity contribution in [2.24, 2.45) is 0 Å². The van der Waals surface area contributed by atoms with Crippen molar-refractivity contribution < 1.29 is 14.7 Å². The van der Waals surface area contributed by atoms with Crippen LogP contribution in [0.3, 0.4) is 0 Å². The van der Waals surface area contributed by atoms with Crippen LogP contribution < -0.4 is 5.32 Å². The van der Waals surface area contributed by atoms with E-state index in [1.54, 1.807) is 16.7 Å². The molecule has 3 saturated heterocycles. The Hall–Kier alpha value is -3.91. The summed E-state index contributed by atoms with van der Waals surface area (Å²) >= 11 is 1.70. The number of aliphatic carboxylic acids is 1. The fraction of sp³-hybridized carbons (Fsp3) is 0.278. The van der Waals surface area contributed by atoms with Crippen LogP contribution in [0.4, 0.5) is 0 Å². The lowest BCUT2D eigenvalue weighted by Crippen LogP contribution is -2.73. The van der Waals surface area contributed by atoms with Gasteiger partial charge in [0.15, 0.2) is 0 Å². The Morgan fingerprint density at radius 1 is 0.791 bits per heavy atom. The van der Waals surface area contributed by atoms with Crippen molar-refractivity contribution in [3.8, 4) is 0 Å². The van der Waals surface area contributed by atoms with E-state index >= 15 is 0 Å². The third-order valence-corrected chi connectivity index (χ3v) is 11.2. The molecule has 6 nitrogen and oxygen atoms in total. The van der Waals surface area contributed by atoms with E-state index in [2.05, 4.69) is 70.9 Å². The lowest BCUT2D eigenvalue weighted by Gasteiger charge is -2.49. The van der Waals surface area contributed by atoms with Crippen LogP contribution in [0.15, 0.2) is 121 Å². The van der Waals surface area contributed by atoms with Gasteiger partial charge in [-0.05, 0) is 48.2 Å². The van der Waals surface area contributed by atoms with E-state index in [0.717, 1.165) is 49.2 Å². The van der Waals surface area contributed by atoms with Crippen LogP contribution >= 0.6 is 11.8 Å². The van der Waals surface area contributed by atoms with Crippen molar-refractivity contribution in [2.45, 2.75) is 47.1 Å². The van der Waals surface area contributed by atoms with Crippen molar-refractivity contribution >= 4 is 23.6 Å². The number of rotatable bonds is 8. The second-order valence-corrected chi connectivity index (χ2v) is 13.3. The zero-order valence-corrected chi connectivity index (χ0v) is 24.7. The zero-order chi connectivity index (χ0) is 29.4. The fourth-order valence-electron chi connectivity index (χ4n) is 7.29. The second-order valence-electron chi connectivity index (χ2n) is 11.8. The molecule has 0 aliphatic carbocycles. The molecule has 7 heteroatoms. The number of thioether (sulfide) groups is 1. The van der Waals surface area contributed by atoms with Crippen molar-refractivity contribution in [3.63, 3.8) is 0 Å². The number of piperidine rings is 1. The Balaban J connectivity index is 1.21. The smallest absolute Gasteiger partial charge is 0.327 e. The van der Waals surface area contributed by atoms with Gasteiger partial charge in [0.1, 0.15) is 17.5 Å². The number of benzene rings is 4. The van der Waals surface area contributed by atoms with E-state index in [9.17, 15) is 14.7 Å². The van der Waals surface area contributed by atoms with Gasteiger partial charge in [-0.25, -0.2) is 4.79 Å². The van der Waals surface area contributed by atoms with Gasteiger partial charge < -0.3 is 10.0 Å². The van der Waals surface area contributed by atoms with E-state index in [-0.39, 0.29) is 11.3 Å². The lowest BCUT2D eigenvalue weighted by atomic mass is 9.75. The molecular formula is C36H35N3O3S. The van der Waals surface area contributed by atoms with Crippen LogP contribution in [0.2, 0.25) is 0 Å². The quantitative estimate of drug-likeness (QED) is 0.214. The molecule has 7 rings (SSSR count). The number of hydrogen-bond acceptors (Lipinski definition) is 5. The van der Waals surface area contributed by atoms with Crippen LogP contribution in [-0.2, 0) is 21.7 Å². The first-order valence-electron chi connectivity index (χ1n) is 15.0. The number of carbonyl (C=O) groups is 2. The summed E-state index contributed by atoms with van der Waals surface area (Å²) in [6.45, 7) is 2.46. The van der Waals surface area contributed by atoms with Gasteiger partial charge in [-0.2, -0.15) is 0 Å². The number of hydrogen-bond donors (Lipinski definition) is 2. The summed E-state index contributed by atoms with van der Waals surface area (Å²) in [6.07, 6.45) is 1.46. The molecule has 4 aromatic carbocycles. The molecule has 3 fully saturated rings. The normalized spacial score (nSPS) is 23.1.